The average molecular weight is 286 g/mol. The van der Waals surface area contributed by atoms with Gasteiger partial charge in [-0.1, -0.05) is 20.8 Å². The lowest BCUT2D eigenvalue weighted by Gasteiger charge is -2.18. The summed E-state index contributed by atoms with van der Waals surface area (Å²) in [5, 5.41) is 0.352. The fraction of sp³-hybridized carbons (Fsp3) is 0.385. The molecule has 0 bridgehead atoms. The van der Waals surface area contributed by atoms with Crippen molar-refractivity contribution in [1.29, 1.82) is 0 Å². The SMILES string of the molecule is CC(C)(C)c1sc(-c2cccnc2)nc1C(F)(F)F. The van der Waals surface area contributed by atoms with Gasteiger partial charge in [0.05, 0.1) is 0 Å². The summed E-state index contributed by atoms with van der Waals surface area (Å²) in [7, 11) is 0. The van der Waals surface area contributed by atoms with Crippen molar-refractivity contribution in [2.45, 2.75) is 32.4 Å². The van der Waals surface area contributed by atoms with E-state index in [4.69, 9.17) is 0 Å². The van der Waals surface area contributed by atoms with Crippen molar-refractivity contribution in [3.05, 3.63) is 35.1 Å². The molecule has 0 fully saturated rings. The third kappa shape index (κ3) is 2.94. The lowest BCUT2D eigenvalue weighted by Crippen LogP contribution is -2.17. The Kier molecular flexibility index (Phi) is 3.38. The molecule has 0 radical (unpaired) electrons. The summed E-state index contributed by atoms with van der Waals surface area (Å²) in [5.41, 5.74) is -0.777. The fourth-order valence-corrected chi connectivity index (χ4v) is 2.77. The standard InChI is InChI=1S/C13H13F3N2S/c1-12(2,3)10-9(13(14,15)16)18-11(19-10)8-5-4-6-17-7-8/h4-7H,1-3H3. The Bertz CT molecular complexity index is 536. The molecule has 19 heavy (non-hydrogen) atoms. The summed E-state index contributed by atoms with van der Waals surface area (Å²) in [6.07, 6.45) is -1.34. The highest BCUT2D eigenvalue weighted by Gasteiger charge is 2.40. The molecule has 2 aromatic rings. The molecule has 0 aromatic carbocycles. The molecule has 0 spiro atoms. The number of alkyl halides is 3. The Morgan fingerprint density at radius 2 is 1.84 bits per heavy atom. The van der Waals surface area contributed by atoms with Crippen LogP contribution >= 0.6 is 11.3 Å². The zero-order valence-corrected chi connectivity index (χ0v) is 11.6. The van der Waals surface area contributed by atoms with E-state index in [-0.39, 0.29) is 4.88 Å². The zero-order valence-electron chi connectivity index (χ0n) is 10.7. The molecule has 2 rings (SSSR count). The van der Waals surface area contributed by atoms with E-state index in [2.05, 4.69) is 9.97 Å². The van der Waals surface area contributed by atoms with Crippen LogP contribution in [0.1, 0.15) is 31.3 Å². The van der Waals surface area contributed by atoms with Gasteiger partial charge in [-0.25, -0.2) is 4.98 Å². The topological polar surface area (TPSA) is 25.8 Å². The third-order valence-corrected chi connectivity index (χ3v) is 4.02. The Morgan fingerprint density at radius 3 is 2.26 bits per heavy atom. The van der Waals surface area contributed by atoms with Crippen LogP contribution in [0.5, 0.6) is 0 Å². The number of hydrogen-bond acceptors (Lipinski definition) is 3. The van der Waals surface area contributed by atoms with E-state index >= 15 is 0 Å². The Morgan fingerprint density at radius 1 is 1.16 bits per heavy atom. The van der Waals surface area contributed by atoms with Crippen molar-refractivity contribution in [3.8, 4) is 10.6 Å². The summed E-state index contributed by atoms with van der Waals surface area (Å²) < 4.78 is 39.1. The van der Waals surface area contributed by atoms with Gasteiger partial charge in [-0.15, -0.1) is 11.3 Å². The molecule has 0 aliphatic rings. The molecule has 0 amide bonds. The number of halogens is 3. The minimum atomic E-state index is -4.43. The van der Waals surface area contributed by atoms with E-state index < -0.39 is 17.3 Å². The van der Waals surface area contributed by atoms with Crippen molar-refractivity contribution in [3.63, 3.8) is 0 Å². The molecule has 0 unspecified atom stereocenters. The van der Waals surface area contributed by atoms with Crippen LogP contribution in [0.4, 0.5) is 13.2 Å². The molecular weight excluding hydrogens is 273 g/mol. The largest absolute Gasteiger partial charge is 0.434 e. The van der Waals surface area contributed by atoms with Crippen molar-refractivity contribution in [2.24, 2.45) is 0 Å². The Hall–Kier alpha value is -1.43. The normalized spacial score (nSPS) is 12.7. The van der Waals surface area contributed by atoms with Gasteiger partial charge in [0.15, 0.2) is 5.69 Å². The number of thiazole rings is 1. The number of rotatable bonds is 1. The quantitative estimate of drug-likeness (QED) is 0.770. The number of hydrogen-bond donors (Lipinski definition) is 0. The predicted molar refractivity (Wildman–Crippen MR) is 69.0 cm³/mol. The lowest BCUT2D eigenvalue weighted by molar-refractivity contribution is -0.141. The smallest absolute Gasteiger partial charge is 0.264 e. The van der Waals surface area contributed by atoms with Crippen LogP contribution in [0.3, 0.4) is 0 Å². The monoisotopic (exact) mass is 286 g/mol. The first-order valence-corrected chi connectivity index (χ1v) is 6.50. The first-order valence-electron chi connectivity index (χ1n) is 5.68. The first-order chi connectivity index (χ1) is 8.69. The van der Waals surface area contributed by atoms with Crippen LogP contribution in [0.2, 0.25) is 0 Å². The highest BCUT2D eigenvalue weighted by molar-refractivity contribution is 7.15. The van der Waals surface area contributed by atoms with E-state index in [9.17, 15) is 13.2 Å². The molecule has 0 aliphatic heterocycles. The van der Waals surface area contributed by atoms with E-state index in [0.29, 0.717) is 10.6 Å². The summed E-state index contributed by atoms with van der Waals surface area (Å²) in [6.45, 7) is 5.26. The number of pyridine rings is 1. The molecular formula is C13H13F3N2S. The maximum Gasteiger partial charge on any atom is 0.434 e. The van der Waals surface area contributed by atoms with E-state index in [1.807, 2.05) is 0 Å². The maximum atomic E-state index is 13.0. The van der Waals surface area contributed by atoms with Gasteiger partial charge in [-0.05, 0) is 17.5 Å². The molecule has 0 atom stereocenters. The molecule has 0 saturated heterocycles. The highest BCUT2D eigenvalue weighted by atomic mass is 32.1. The molecule has 6 heteroatoms. The minimum absolute atomic E-state index is 0.249. The minimum Gasteiger partial charge on any atom is -0.264 e. The second-order valence-corrected chi connectivity index (χ2v) is 6.19. The highest BCUT2D eigenvalue weighted by Crippen LogP contribution is 2.42. The molecule has 0 N–H and O–H groups in total. The van der Waals surface area contributed by atoms with E-state index in [0.717, 1.165) is 11.3 Å². The molecule has 0 aliphatic carbocycles. The molecule has 2 aromatic heterocycles. The van der Waals surface area contributed by atoms with Crippen molar-refractivity contribution < 1.29 is 13.2 Å². The summed E-state index contributed by atoms with van der Waals surface area (Å²) in [4.78, 5) is 7.93. The second-order valence-electron chi connectivity index (χ2n) is 5.19. The van der Waals surface area contributed by atoms with Crippen LogP contribution < -0.4 is 0 Å². The van der Waals surface area contributed by atoms with Crippen LogP contribution in [-0.4, -0.2) is 9.97 Å². The lowest BCUT2D eigenvalue weighted by atomic mass is 9.93. The van der Waals surface area contributed by atoms with Crippen LogP contribution in [0.25, 0.3) is 10.6 Å². The average Bonchev–Trinajstić information content (AvgIpc) is 2.74. The van der Waals surface area contributed by atoms with Gasteiger partial charge in [0.1, 0.15) is 5.01 Å². The summed E-state index contributed by atoms with van der Waals surface area (Å²) in [5.74, 6) is 0. The van der Waals surface area contributed by atoms with Crippen molar-refractivity contribution in [1.82, 2.24) is 9.97 Å². The summed E-state index contributed by atoms with van der Waals surface area (Å²) >= 11 is 1.08. The Labute approximate surface area is 113 Å². The summed E-state index contributed by atoms with van der Waals surface area (Å²) in [6, 6.07) is 3.39. The van der Waals surface area contributed by atoms with Gasteiger partial charge in [-0.3, -0.25) is 4.98 Å². The first kappa shape index (κ1) is 14.0. The van der Waals surface area contributed by atoms with Gasteiger partial charge in [0.25, 0.3) is 0 Å². The number of aromatic nitrogens is 2. The zero-order chi connectivity index (χ0) is 14.3. The second kappa shape index (κ2) is 4.59. The van der Waals surface area contributed by atoms with Crippen LogP contribution in [-0.2, 0) is 11.6 Å². The molecule has 2 nitrogen and oxygen atoms in total. The third-order valence-electron chi connectivity index (χ3n) is 2.49. The number of nitrogens with zero attached hydrogens (tertiary/aromatic N) is 2. The maximum absolute atomic E-state index is 13.0. The fourth-order valence-electron chi connectivity index (χ4n) is 1.63. The van der Waals surface area contributed by atoms with Gasteiger partial charge in [0.2, 0.25) is 0 Å². The van der Waals surface area contributed by atoms with Crippen LogP contribution in [0, 0.1) is 0 Å². The predicted octanol–water partition coefficient (Wildman–Crippen LogP) is 4.52. The van der Waals surface area contributed by atoms with Gasteiger partial charge >= 0.3 is 6.18 Å². The van der Waals surface area contributed by atoms with Gasteiger partial charge < -0.3 is 0 Å². The molecule has 2 heterocycles. The van der Waals surface area contributed by atoms with Crippen molar-refractivity contribution in [2.75, 3.05) is 0 Å². The molecule has 102 valence electrons. The molecule has 0 saturated carbocycles. The van der Waals surface area contributed by atoms with Crippen molar-refractivity contribution >= 4 is 11.3 Å². The van der Waals surface area contributed by atoms with Gasteiger partial charge in [-0.2, -0.15) is 13.2 Å². The van der Waals surface area contributed by atoms with E-state index in [1.165, 1.54) is 6.20 Å². The Balaban J connectivity index is 2.59. The van der Waals surface area contributed by atoms with E-state index in [1.54, 1.807) is 39.1 Å². The van der Waals surface area contributed by atoms with Gasteiger partial charge in [0, 0.05) is 22.8 Å². The van der Waals surface area contributed by atoms with Crippen LogP contribution in [0.15, 0.2) is 24.5 Å².